The summed E-state index contributed by atoms with van der Waals surface area (Å²) in [5.41, 5.74) is 1.34. The molecular weight excluding hydrogens is 224 g/mol. The van der Waals surface area contributed by atoms with Gasteiger partial charge in [-0.05, 0) is 45.8 Å². The van der Waals surface area contributed by atoms with E-state index in [0.717, 1.165) is 32.1 Å². The third-order valence-electron chi connectivity index (χ3n) is 3.74. The minimum atomic E-state index is 0.717. The fourth-order valence-corrected chi connectivity index (χ4v) is 2.70. The Morgan fingerprint density at radius 3 is 3.17 bits per heavy atom. The Bertz CT molecular complexity index is 339. The van der Waals surface area contributed by atoms with Gasteiger partial charge in [-0.2, -0.15) is 5.10 Å². The van der Waals surface area contributed by atoms with Crippen molar-refractivity contribution in [3.05, 3.63) is 18.0 Å². The normalized spacial score (nSPS) is 21.2. The largest absolute Gasteiger partial charge is 0.317 e. The van der Waals surface area contributed by atoms with Gasteiger partial charge >= 0.3 is 0 Å². The molecule has 4 nitrogen and oxygen atoms in total. The molecule has 0 spiro atoms. The van der Waals surface area contributed by atoms with Gasteiger partial charge in [-0.25, -0.2) is 0 Å². The first-order valence-corrected chi connectivity index (χ1v) is 7.22. The van der Waals surface area contributed by atoms with Gasteiger partial charge in [0, 0.05) is 30.9 Å². The van der Waals surface area contributed by atoms with Crippen LogP contribution in [-0.2, 0) is 13.1 Å². The maximum absolute atomic E-state index is 4.40. The average Bonchev–Trinajstić information content (AvgIpc) is 2.65. The highest BCUT2D eigenvalue weighted by Crippen LogP contribution is 2.14. The molecule has 2 rings (SSSR count). The quantitative estimate of drug-likeness (QED) is 0.866. The molecule has 2 heterocycles. The van der Waals surface area contributed by atoms with Crippen molar-refractivity contribution in [2.45, 2.75) is 51.7 Å². The molecule has 1 saturated heterocycles. The van der Waals surface area contributed by atoms with Crippen molar-refractivity contribution in [1.82, 2.24) is 20.0 Å². The molecule has 0 bridgehead atoms. The Labute approximate surface area is 110 Å². The number of aromatic nitrogens is 2. The molecule has 18 heavy (non-hydrogen) atoms. The molecule has 1 fully saturated rings. The molecule has 0 aliphatic carbocycles. The lowest BCUT2D eigenvalue weighted by Crippen LogP contribution is -2.31. The van der Waals surface area contributed by atoms with Gasteiger partial charge in [0.1, 0.15) is 0 Å². The van der Waals surface area contributed by atoms with Gasteiger partial charge in [-0.15, -0.1) is 0 Å². The summed E-state index contributed by atoms with van der Waals surface area (Å²) >= 11 is 0. The summed E-state index contributed by atoms with van der Waals surface area (Å²) in [6.45, 7) is 6.57. The van der Waals surface area contributed by atoms with E-state index in [0.29, 0.717) is 0 Å². The van der Waals surface area contributed by atoms with E-state index < -0.39 is 0 Å². The molecule has 1 aliphatic rings. The topological polar surface area (TPSA) is 33.1 Å². The zero-order valence-electron chi connectivity index (χ0n) is 11.7. The van der Waals surface area contributed by atoms with E-state index >= 15 is 0 Å². The fourth-order valence-electron chi connectivity index (χ4n) is 2.70. The SMILES string of the molecule is CCCn1cc(CN(C)C2CCCNCC2)cn1. The van der Waals surface area contributed by atoms with E-state index in [9.17, 15) is 0 Å². The maximum atomic E-state index is 4.40. The van der Waals surface area contributed by atoms with Gasteiger partial charge in [-0.1, -0.05) is 6.92 Å². The maximum Gasteiger partial charge on any atom is 0.0534 e. The zero-order chi connectivity index (χ0) is 12.8. The molecular formula is C14H26N4. The number of nitrogens with zero attached hydrogens (tertiary/aromatic N) is 3. The summed E-state index contributed by atoms with van der Waals surface area (Å²) in [7, 11) is 2.24. The van der Waals surface area contributed by atoms with Crippen LogP contribution in [0.4, 0.5) is 0 Å². The number of aryl methyl sites for hydroxylation is 1. The number of nitrogens with one attached hydrogen (secondary N) is 1. The van der Waals surface area contributed by atoms with Crippen molar-refractivity contribution < 1.29 is 0 Å². The summed E-state index contributed by atoms with van der Waals surface area (Å²) in [5, 5.41) is 7.87. The average molecular weight is 250 g/mol. The van der Waals surface area contributed by atoms with Crippen LogP contribution in [0.25, 0.3) is 0 Å². The highest BCUT2D eigenvalue weighted by molar-refractivity contribution is 5.03. The molecule has 1 unspecified atom stereocenters. The number of rotatable bonds is 5. The van der Waals surface area contributed by atoms with Crippen LogP contribution < -0.4 is 5.32 Å². The fraction of sp³-hybridized carbons (Fsp3) is 0.786. The predicted octanol–water partition coefficient (Wildman–Crippen LogP) is 1.87. The Morgan fingerprint density at radius 1 is 1.44 bits per heavy atom. The van der Waals surface area contributed by atoms with Gasteiger partial charge in [-0.3, -0.25) is 9.58 Å². The van der Waals surface area contributed by atoms with Gasteiger partial charge in [0.2, 0.25) is 0 Å². The third-order valence-corrected chi connectivity index (χ3v) is 3.74. The van der Waals surface area contributed by atoms with E-state index in [4.69, 9.17) is 0 Å². The highest BCUT2D eigenvalue weighted by atomic mass is 15.3. The van der Waals surface area contributed by atoms with E-state index in [1.54, 1.807) is 0 Å². The van der Waals surface area contributed by atoms with Crippen LogP contribution in [0, 0.1) is 0 Å². The van der Waals surface area contributed by atoms with Crippen LogP contribution in [0.5, 0.6) is 0 Å². The van der Waals surface area contributed by atoms with Crippen LogP contribution >= 0.6 is 0 Å². The first-order valence-electron chi connectivity index (χ1n) is 7.22. The molecule has 0 amide bonds. The van der Waals surface area contributed by atoms with Crippen LogP contribution in [0.3, 0.4) is 0 Å². The second-order valence-corrected chi connectivity index (χ2v) is 5.36. The highest BCUT2D eigenvalue weighted by Gasteiger charge is 2.17. The first kappa shape index (κ1) is 13.6. The third kappa shape index (κ3) is 3.82. The summed E-state index contributed by atoms with van der Waals surface area (Å²) < 4.78 is 2.05. The van der Waals surface area contributed by atoms with E-state index in [-0.39, 0.29) is 0 Å². The zero-order valence-corrected chi connectivity index (χ0v) is 11.7. The van der Waals surface area contributed by atoms with Crippen molar-refractivity contribution in [1.29, 1.82) is 0 Å². The Kier molecular flexibility index (Phi) is 5.20. The summed E-state index contributed by atoms with van der Waals surface area (Å²) in [4.78, 5) is 2.49. The van der Waals surface area contributed by atoms with Crippen LogP contribution in [0.2, 0.25) is 0 Å². The first-order chi connectivity index (χ1) is 8.79. The van der Waals surface area contributed by atoms with Gasteiger partial charge in [0.15, 0.2) is 0 Å². The molecule has 0 saturated carbocycles. The van der Waals surface area contributed by atoms with Gasteiger partial charge in [0.25, 0.3) is 0 Å². The molecule has 0 aromatic carbocycles. The lowest BCUT2D eigenvalue weighted by molar-refractivity contribution is 0.216. The standard InChI is InChI=1S/C14H26N4/c1-3-9-18-12-13(10-16-18)11-17(2)14-5-4-7-15-8-6-14/h10,12,14-15H,3-9,11H2,1-2H3. The lowest BCUT2D eigenvalue weighted by Gasteiger charge is -2.26. The molecule has 1 aromatic rings. The molecule has 1 N–H and O–H groups in total. The van der Waals surface area contributed by atoms with Crippen molar-refractivity contribution in [3.8, 4) is 0 Å². The van der Waals surface area contributed by atoms with Crippen LogP contribution in [0.15, 0.2) is 12.4 Å². The Hall–Kier alpha value is -0.870. The number of hydrogen-bond donors (Lipinski definition) is 1. The second-order valence-electron chi connectivity index (χ2n) is 5.36. The van der Waals surface area contributed by atoms with Gasteiger partial charge in [0.05, 0.1) is 6.20 Å². The van der Waals surface area contributed by atoms with E-state index in [2.05, 4.69) is 40.2 Å². The van der Waals surface area contributed by atoms with Crippen LogP contribution in [0.1, 0.15) is 38.2 Å². The molecule has 102 valence electrons. The minimum Gasteiger partial charge on any atom is -0.317 e. The van der Waals surface area contributed by atoms with Crippen molar-refractivity contribution in [2.75, 3.05) is 20.1 Å². The summed E-state index contributed by atoms with van der Waals surface area (Å²) in [6, 6.07) is 0.717. The Balaban J connectivity index is 1.86. The van der Waals surface area contributed by atoms with Crippen molar-refractivity contribution in [2.24, 2.45) is 0 Å². The predicted molar refractivity (Wildman–Crippen MR) is 74.5 cm³/mol. The lowest BCUT2D eigenvalue weighted by atomic mass is 10.1. The van der Waals surface area contributed by atoms with E-state index in [1.165, 1.54) is 31.4 Å². The molecule has 0 radical (unpaired) electrons. The molecule has 4 heteroatoms. The molecule has 1 atom stereocenters. The molecule has 1 aliphatic heterocycles. The summed E-state index contributed by atoms with van der Waals surface area (Å²) in [6.07, 6.45) is 9.22. The van der Waals surface area contributed by atoms with E-state index in [1.807, 2.05) is 6.20 Å². The van der Waals surface area contributed by atoms with Crippen molar-refractivity contribution in [3.63, 3.8) is 0 Å². The Morgan fingerprint density at radius 2 is 2.33 bits per heavy atom. The second kappa shape index (κ2) is 6.90. The summed E-state index contributed by atoms with van der Waals surface area (Å²) in [5.74, 6) is 0. The van der Waals surface area contributed by atoms with Crippen LogP contribution in [-0.4, -0.2) is 40.9 Å². The monoisotopic (exact) mass is 250 g/mol. The molecule has 1 aromatic heterocycles. The number of hydrogen-bond acceptors (Lipinski definition) is 3. The smallest absolute Gasteiger partial charge is 0.0534 e. The van der Waals surface area contributed by atoms with Crippen molar-refractivity contribution >= 4 is 0 Å². The van der Waals surface area contributed by atoms with Gasteiger partial charge < -0.3 is 5.32 Å². The minimum absolute atomic E-state index is 0.717.